The number of nitrogens with zero attached hydrogens (tertiary/aromatic N) is 3. The number of hydrogen-bond donors (Lipinski definition) is 0. The van der Waals surface area contributed by atoms with Gasteiger partial charge in [0.2, 0.25) is 5.91 Å². The molecular weight excluding hydrogens is 306 g/mol. The Morgan fingerprint density at radius 3 is 2.33 bits per heavy atom. The molecular formula is C18H23N3O3. The molecule has 0 N–H and O–H groups in total. The van der Waals surface area contributed by atoms with Crippen molar-refractivity contribution in [1.29, 1.82) is 0 Å². The third-order valence-electron chi connectivity index (χ3n) is 4.37. The Morgan fingerprint density at radius 1 is 1.12 bits per heavy atom. The smallest absolute Gasteiger partial charge is 0.270 e. The largest absolute Gasteiger partial charge is 0.460 e. The Morgan fingerprint density at radius 2 is 1.75 bits per heavy atom. The fourth-order valence-electron chi connectivity index (χ4n) is 3.17. The molecule has 2 aromatic rings. The molecule has 0 radical (unpaired) electrons. The molecule has 2 aromatic heterocycles. The maximum absolute atomic E-state index is 13.0. The minimum absolute atomic E-state index is 0.0245. The van der Waals surface area contributed by atoms with Gasteiger partial charge in [-0.15, -0.1) is 0 Å². The van der Waals surface area contributed by atoms with Gasteiger partial charge in [-0.05, 0) is 13.8 Å². The summed E-state index contributed by atoms with van der Waals surface area (Å²) in [5.74, 6) is 0.855. The molecule has 1 aliphatic heterocycles. The maximum atomic E-state index is 13.0. The predicted octanol–water partition coefficient (Wildman–Crippen LogP) is 2.42. The zero-order valence-corrected chi connectivity index (χ0v) is 14.5. The van der Waals surface area contributed by atoms with Crippen molar-refractivity contribution < 1.29 is 14.0 Å². The molecule has 0 saturated carbocycles. The first-order valence-corrected chi connectivity index (χ1v) is 8.15. The molecule has 128 valence electrons. The van der Waals surface area contributed by atoms with Gasteiger partial charge in [-0.25, -0.2) is 0 Å². The summed E-state index contributed by atoms with van der Waals surface area (Å²) in [4.78, 5) is 28.0. The molecule has 3 heterocycles. The van der Waals surface area contributed by atoms with Crippen LogP contribution in [0.1, 0.15) is 30.1 Å². The van der Waals surface area contributed by atoms with Gasteiger partial charge in [0.05, 0.1) is 5.52 Å². The number of piperazine rings is 1. The molecule has 3 rings (SSSR count). The summed E-state index contributed by atoms with van der Waals surface area (Å²) in [6.45, 7) is 12.2. The molecule has 6 nitrogen and oxygen atoms in total. The predicted molar refractivity (Wildman–Crippen MR) is 91.9 cm³/mol. The number of aromatic nitrogens is 1. The minimum Gasteiger partial charge on any atom is -0.460 e. The van der Waals surface area contributed by atoms with Crippen LogP contribution in [-0.4, -0.2) is 52.4 Å². The number of rotatable bonds is 3. The van der Waals surface area contributed by atoms with E-state index in [1.807, 2.05) is 30.5 Å². The molecule has 24 heavy (non-hydrogen) atoms. The number of amides is 2. The van der Waals surface area contributed by atoms with Crippen LogP contribution in [0.2, 0.25) is 0 Å². The van der Waals surface area contributed by atoms with E-state index >= 15 is 0 Å². The van der Waals surface area contributed by atoms with E-state index < -0.39 is 0 Å². The Labute approximate surface area is 141 Å². The second kappa shape index (κ2) is 6.19. The Balaban J connectivity index is 1.88. The number of aryl methyl sites for hydroxylation is 1. The van der Waals surface area contributed by atoms with E-state index in [0.29, 0.717) is 38.4 Å². The SMILES string of the molecule is C=C(C)Cn1c(C(=O)N2CCN(C(C)=O)CC2)cc2oc(C)cc21. The van der Waals surface area contributed by atoms with Crippen molar-refractivity contribution in [3.05, 3.63) is 35.7 Å². The molecule has 0 atom stereocenters. The zero-order chi connectivity index (χ0) is 17.4. The highest BCUT2D eigenvalue weighted by atomic mass is 16.3. The van der Waals surface area contributed by atoms with Crippen molar-refractivity contribution in [2.45, 2.75) is 27.3 Å². The van der Waals surface area contributed by atoms with Crippen LogP contribution in [0, 0.1) is 6.92 Å². The van der Waals surface area contributed by atoms with Crippen LogP contribution in [0.25, 0.3) is 11.1 Å². The molecule has 0 aliphatic carbocycles. The van der Waals surface area contributed by atoms with Crippen LogP contribution >= 0.6 is 0 Å². The number of furan rings is 1. The van der Waals surface area contributed by atoms with Crippen molar-refractivity contribution in [2.75, 3.05) is 26.2 Å². The highest BCUT2D eigenvalue weighted by Gasteiger charge is 2.27. The number of carbonyl (C=O) groups is 2. The lowest BCUT2D eigenvalue weighted by molar-refractivity contribution is -0.130. The quantitative estimate of drug-likeness (QED) is 0.813. The fourth-order valence-corrected chi connectivity index (χ4v) is 3.17. The number of allylic oxidation sites excluding steroid dienone is 1. The summed E-state index contributed by atoms with van der Waals surface area (Å²) < 4.78 is 7.65. The van der Waals surface area contributed by atoms with Crippen molar-refractivity contribution in [3.8, 4) is 0 Å². The maximum Gasteiger partial charge on any atom is 0.270 e. The van der Waals surface area contributed by atoms with Gasteiger partial charge in [0.15, 0.2) is 5.58 Å². The summed E-state index contributed by atoms with van der Waals surface area (Å²) >= 11 is 0. The van der Waals surface area contributed by atoms with Crippen LogP contribution in [-0.2, 0) is 11.3 Å². The van der Waals surface area contributed by atoms with E-state index in [1.54, 1.807) is 16.7 Å². The molecule has 0 aromatic carbocycles. The van der Waals surface area contributed by atoms with E-state index in [9.17, 15) is 9.59 Å². The van der Waals surface area contributed by atoms with Crippen molar-refractivity contribution in [2.24, 2.45) is 0 Å². The van der Waals surface area contributed by atoms with Gasteiger partial charge in [0.25, 0.3) is 5.91 Å². The van der Waals surface area contributed by atoms with Crippen LogP contribution < -0.4 is 0 Å². The molecule has 1 aliphatic rings. The molecule has 0 spiro atoms. The lowest BCUT2D eigenvalue weighted by Gasteiger charge is -2.34. The van der Waals surface area contributed by atoms with Gasteiger partial charge in [0, 0.05) is 51.8 Å². The lowest BCUT2D eigenvalue weighted by Crippen LogP contribution is -2.50. The molecule has 2 amide bonds. The van der Waals surface area contributed by atoms with E-state index in [-0.39, 0.29) is 11.8 Å². The zero-order valence-electron chi connectivity index (χ0n) is 14.5. The second-order valence-electron chi connectivity index (χ2n) is 6.48. The van der Waals surface area contributed by atoms with Gasteiger partial charge in [0.1, 0.15) is 11.5 Å². The fraction of sp³-hybridized carbons (Fsp3) is 0.444. The Bertz CT molecular complexity index is 807. The van der Waals surface area contributed by atoms with Gasteiger partial charge in [-0.3, -0.25) is 9.59 Å². The van der Waals surface area contributed by atoms with Crippen LogP contribution in [0.5, 0.6) is 0 Å². The van der Waals surface area contributed by atoms with Crippen LogP contribution in [0.4, 0.5) is 0 Å². The van der Waals surface area contributed by atoms with E-state index in [1.165, 1.54) is 0 Å². The third-order valence-corrected chi connectivity index (χ3v) is 4.37. The average Bonchev–Trinajstić information content (AvgIpc) is 3.04. The molecule has 6 heteroatoms. The Hall–Kier alpha value is -2.50. The van der Waals surface area contributed by atoms with Crippen molar-refractivity contribution in [1.82, 2.24) is 14.4 Å². The topological polar surface area (TPSA) is 58.7 Å². The first-order valence-electron chi connectivity index (χ1n) is 8.15. The summed E-state index contributed by atoms with van der Waals surface area (Å²) in [7, 11) is 0. The highest BCUT2D eigenvalue weighted by molar-refractivity contribution is 5.98. The number of fused-ring (bicyclic) bond motifs is 1. The summed E-state index contributed by atoms with van der Waals surface area (Å²) in [5, 5.41) is 0. The first kappa shape index (κ1) is 16.4. The number of carbonyl (C=O) groups excluding carboxylic acids is 2. The molecule has 0 bridgehead atoms. The van der Waals surface area contributed by atoms with Crippen molar-refractivity contribution >= 4 is 22.9 Å². The van der Waals surface area contributed by atoms with Crippen LogP contribution in [0.3, 0.4) is 0 Å². The van der Waals surface area contributed by atoms with Crippen molar-refractivity contribution in [3.63, 3.8) is 0 Å². The first-order chi connectivity index (χ1) is 11.4. The monoisotopic (exact) mass is 329 g/mol. The standard InChI is InChI=1S/C18H23N3O3/c1-12(2)11-21-15-9-13(3)24-17(15)10-16(21)18(23)20-7-5-19(6-8-20)14(4)22/h9-10H,1,5-8,11H2,2-4H3. The van der Waals surface area contributed by atoms with Gasteiger partial charge in [-0.1, -0.05) is 12.2 Å². The summed E-state index contributed by atoms with van der Waals surface area (Å²) in [5.41, 5.74) is 3.23. The van der Waals surface area contributed by atoms with Gasteiger partial charge >= 0.3 is 0 Å². The van der Waals surface area contributed by atoms with E-state index in [4.69, 9.17) is 4.42 Å². The minimum atomic E-state index is -0.0245. The summed E-state index contributed by atoms with van der Waals surface area (Å²) in [6, 6.07) is 3.76. The lowest BCUT2D eigenvalue weighted by atomic mass is 10.2. The van der Waals surface area contributed by atoms with Crippen LogP contribution in [0.15, 0.2) is 28.7 Å². The number of hydrogen-bond acceptors (Lipinski definition) is 3. The average molecular weight is 329 g/mol. The van der Waals surface area contributed by atoms with E-state index in [0.717, 1.165) is 22.4 Å². The van der Waals surface area contributed by atoms with Gasteiger partial charge < -0.3 is 18.8 Å². The third kappa shape index (κ3) is 2.96. The normalized spacial score (nSPS) is 15.1. The molecule has 1 saturated heterocycles. The molecule has 1 fully saturated rings. The molecule has 0 unspecified atom stereocenters. The van der Waals surface area contributed by atoms with E-state index in [2.05, 4.69) is 6.58 Å². The second-order valence-corrected chi connectivity index (χ2v) is 6.48. The Kier molecular flexibility index (Phi) is 4.22. The van der Waals surface area contributed by atoms with Gasteiger partial charge in [-0.2, -0.15) is 0 Å². The summed E-state index contributed by atoms with van der Waals surface area (Å²) in [6.07, 6.45) is 0. The highest BCUT2D eigenvalue weighted by Crippen LogP contribution is 2.25.